The van der Waals surface area contributed by atoms with Crippen LogP contribution in [0.1, 0.15) is 38.5 Å². The molecule has 0 aliphatic carbocycles. The molecule has 0 unspecified atom stereocenters. The third-order valence-electron chi connectivity index (χ3n) is 12.9. The lowest BCUT2D eigenvalue weighted by atomic mass is 9.90. The molecule has 3 fully saturated rings. The van der Waals surface area contributed by atoms with Gasteiger partial charge in [-0.05, 0) is 67.4 Å². The van der Waals surface area contributed by atoms with Crippen molar-refractivity contribution < 1.29 is 52.9 Å². The third kappa shape index (κ3) is 12.3. The van der Waals surface area contributed by atoms with Gasteiger partial charge >= 0.3 is 12.2 Å². The summed E-state index contributed by atoms with van der Waals surface area (Å²) in [5.74, 6) is -3.79. The summed E-state index contributed by atoms with van der Waals surface area (Å²) < 4.78 is 0. The molecular formula is C59H53Cl2N7O11. The molecule has 0 aromatic heterocycles. The van der Waals surface area contributed by atoms with E-state index in [1.54, 1.807) is 0 Å². The predicted molar refractivity (Wildman–Crippen MR) is 304 cm³/mol. The van der Waals surface area contributed by atoms with E-state index in [2.05, 4.69) is 125 Å². The lowest BCUT2D eigenvalue weighted by Crippen LogP contribution is -2.37. The van der Waals surface area contributed by atoms with Crippen LogP contribution in [0.5, 0.6) is 0 Å². The Morgan fingerprint density at radius 1 is 0.443 bits per heavy atom. The van der Waals surface area contributed by atoms with Crippen molar-refractivity contribution in [3.63, 3.8) is 0 Å². The summed E-state index contributed by atoms with van der Waals surface area (Å²) in [5.41, 5.74) is 14.1. The Kier molecular flexibility index (Phi) is 17.6. The molecule has 0 radical (unpaired) electrons. The quantitative estimate of drug-likeness (QED) is 0.0822. The van der Waals surface area contributed by atoms with Crippen LogP contribution in [0, 0.1) is 0 Å². The molecule has 18 nitrogen and oxygen atoms in total. The van der Waals surface area contributed by atoms with Crippen molar-refractivity contribution in [2.24, 2.45) is 0 Å². The first-order valence-electron chi connectivity index (χ1n) is 24.8. The molecule has 3 aliphatic rings. The molecule has 20 heteroatoms. The minimum absolute atomic E-state index is 0.0372. The zero-order valence-corrected chi connectivity index (χ0v) is 44.9. The number of nitrogens with one attached hydrogen (secondary N) is 1. The van der Waals surface area contributed by atoms with E-state index in [9.17, 15) is 38.4 Å². The van der Waals surface area contributed by atoms with Crippen molar-refractivity contribution in [3.8, 4) is 22.3 Å². The highest BCUT2D eigenvalue weighted by Crippen LogP contribution is 2.45. The fraction of sp³-hybridized carbons (Fsp3) is 0.186. The van der Waals surface area contributed by atoms with E-state index in [-0.39, 0.29) is 54.0 Å². The average molecular weight is 1110 g/mol. The number of hydroxylamine groups is 6. The van der Waals surface area contributed by atoms with Crippen molar-refractivity contribution in [1.29, 1.82) is 0 Å². The van der Waals surface area contributed by atoms with Crippen LogP contribution in [0.4, 0.5) is 32.3 Å². The van der Waals surface area contributed by atoms with Crippen LogP contribution >= 0.6 is 23.2 Å². The molecule has 8 aromatic carbocycles. The maximum absolute atomic E-state index is 12.8. The van der Waals surface area contributed by atoms with E-state index in [4.69, 9.17) is 33.8 Å². The second-order valence-corrected chi connectivity index (χ2v) is 19.2. The maximum atomic E-state index is 12.8. The third-order valence-corrected chi connectivity index (χ3v) is 12.9. The number of nitrogens with two attached hydrogens (primary N) is 1. The van der Waals surface area contributed by atoms with E-state index in [0.29, 0.717) is 10.8 Å². The highest BCUT2D eigenvalue weighted by Gasteiger charge is 2.38. The van der Waals surface area contributed by atoms with E-state index in [1.165, 1.54) is 32.8 Å². The lowest BCUT2D eigenvalue weighted by Gasteiger charge is -2.23. The number of nitrogens with zero attached hydrogens (tertiary/aromatic N) is 5. The summed E-state index contributed by atoms with van der Waals surface area (Å²) >= 11 is 9.53. The van der Waals surface area contributed by atoms with Gasteiger partial charge in [0.15, 0.2) is 0 Å². The molecule has 404 valence electrons. The second-order valence-electron chi connectivity index (χ2n) is 18.4. The van der Waals surface area contributed by atoms with E-state index >= 15 is 0 Å². The number of halogens is 2. The topological polar surface area (TPSA) is 218 Å². The minimum Gasteiger partial charge on any atom is -0.398 e. The number of hydrogen-bond donors (Lipinski definition) is 2. The number of nitrogen functional groups attached to an aromatic ring is 1. The fourth-order valence-electron chi connectivity index (χ4n) is 9.36. The first-order valence-corrected chi connectivity index (χ1v) is 25.8. The van der Waals surface area contributed by atoms with Crippen molar-refractivity contribution >= 4 is 137 Å². The SMILES string of the molecule is CN(C)c1ccc2ccccc2c1-c1c(N)ccc2ccccc12.CN(C)c1ccc2ccccc2c1-c1c(NC(=O)ON2C(=O)CCC2=O)ccc2ccccc12.ClCCl.O=C(ON1C(=O)CCC1=O)ON1C(=O)CCC1=O. The van der Waals surface area contributed by atoms with Crippen molar-refractivity contribution in [2.45, 2.75) is 38.5 Å². The van der Waals surface area contributed by atoms with Crippen molar-refractivity contribution in [3.05, 3.63) is 146 Å². The molecule has 0 spiro atoms. The van der Waals surface area contributed by atoms with Gasteiger partial charge in [-0.1, -0.05) is 131 Å². The highest BCUT2D eigenvalue weighted by molar-refractivity contribution is 6.40. The van der Waals surface area contributed by atoms with Gasteiger partial charge in [0.1, 0.15) is 0 Å². The van der Waals surface area contributed by atoms with Gasteiger partial charge in [-0.2, -0.15) is 4.79 Å². The largest absolute Gasteiger partial charge is 0.560 e. The summed E-state index contributed by atoms with van der Waals surface area (Å²) in [6, 6.07) is 49.3. The molecule has 0 atom stereocenters. The van der Waals surface area contributed by atoms with Gasteiger partial charge in [0.25, 0.3) is 35.4 Å². The molecule has 79 heavy (non-hydrogen) atoms. The molecule has 3 N–H and O–H groups in total. The van der Waals surface area contributed by atoms with Crippen molar-refractivity contribution in [2.75, 3.05) is 54.4 Å². The number of alkyl halides is 2. The maximum Gasteiger partial charge on any atom is 0.560 e. The number of carbonyl (C=O) groups is 8. The molecule has 3 saturated heterocycles. The van der Waals surface area contributed by atoms with Gasteiger partial charge in [-0.15, -0.1) is 28.3 Å². The number of carbonyl (C=O) groups excluding carboxylic acids is 8. The number of fused-ring (bicyclic) bond motifs is 4. The zero-order valence-electron chi connectivity index (χ0n) is 43.4. The molecule has 0 saturated carbocycles. The van der Waals surface area contributed by atoms with Gasteiger partial charge in [-0.3, -0.25) is 43.8 Å². The molecule has 0 bridgehead atoms. The van der Waals surface area contributed by atoms with E-state index in [1.807, 2.05) is 73.6 Å². The minimum atomic E-state index is -1.48. The van der Waals surface area contributed by atoms with Gasteiger partial charge in [0.05, 0.1) is 11.0 Å². The first kappa shape index (κ1) is 56.0. The molecule has 7 amide bonds. The number of anilines is 4. The van der Waals surface area contributed by atoms with Crippen LogP contribution in [0.2, 0.25) is 0 Å². The second kappa shape index (κ2) is 24.8. The predicted octanol–water partition coefficient (Wildman–Crippen LogP) is 11.3. The number of amides is 7. The number of benzene rings is 8. The normalized spacial score (nSPS) is 13.9. The smallest absolute Gasteiger partial charge is 0.398 e. The zero-order chi connectivity index (χ0) is 56.5. The molecule has 3 aliphatic heterocycles. The summed E-state index contributed by atoms with van der Waals surface area (Å²) in [6.07, 6.45) is -2.55. The van der Waals surface area contributed by atoms with Crippen LogP contribution in [0.3, 0.4) is 0 Å². The van der Waals surface area contributed by atoms with E-state index in [0.717, 1.165) is 49.6 Å². The van der Waals surface area contributed by atoms with Crippen LogP contribution in [0.15, 0.2) is 146 Å². The Morgan fingerprint density at radius 2 is 0.747 bits per heavy atom. The number of hydrogen-bond acceptors (Lipinski definition) is 14. The van der Waals surface area contributed by atoms with Crippen molar-refractivity contribution in [1.82, 2.24) is 15.2 Å². The Balaban J connectivity index is 0.000000160. The summed E-state index contributed by atoms with van der Waals surface area (Å²) in [7, 11) is 8.11. The van der Waals surface area contributed by atoms with Crippen LogP contribution in [-0.4, -0.2) is 96.4 Å². The standard InChI is InChI=1S/C27H23N3O4.C22H20N2.C9H8N2O7.CH2Cl2/c1-29(2)22-14-12-18-8-4-6-10-20(18)26(22)25-19-9-5-3-7-17(19)11-13-21(25)28-27(33)34-30-23(31)15-16-24(30)32;1-24(2)20-14-12-16-8-4-6-10-18(16)22(20)21-17-9-5-3-7-15(17)11-13-19(21)23;12-5-1-2-6(13)10(5)17-9(16)18-11-7(14)3-4-8(11)15;2-1-3/h3-14H,15-16H2,1-2H3,(H,28,33);3-14H,23H2,1-2H3;1-4H2;1H2. The van der Waals surface area contributed by atoms with Gasteiger partial charge < -0.3 is 20.4 Å². The molecular weight excluding hydrogens is 1050 g/mol. The van der Waals surface area contributed by atoms with Gasteiger partial charge in [0, 0.05) is 106 Å². The lowest BCUT2D eigenvalue weighted by molar-refractivity contribution is -0.198. The van der Waals surface area contributed by atoms with Crippen LogP contribution in [0.25, 0.3) is 65.3 Å². The Morgan fingerprint density at radius 3 is 1.13 bits per heavy atom. The Labute approximate surface area is 463 Å². The Hall–Kier alpha value is -9.26. The summed E-state index contributed by atoms with van der Waals surface area (Å²) in [4.78, 5) is 110. The van der Waals surface area contributed by atoms with Crippen LogP contribution < -0.4 is 20.9 Å². The van der Waals surface area contributed by atoms with Gasteiger partial charge in [-0.25, -0.2) is 4.79 Å². The molecule has 11 rings (SSSR count). The average Bonchev–Trinajstić information content (AvgIpc) is 4.28. The summed E-state index contributed by atoms with van der Waals surface area (Å²) in [6.45, 7) is 0. The summed E-state index contributed by atoms with van der Waals surface area (Å²) in [5, 5.41) is 12.9. The van der Waals surface area contributed by atoms with Gasteiger partial charge in [0.2, 0.25) is 0 Å². The number of imide groups is 3. The number of rotatable bonds is 8. The molecule has 3 heterocycles. The Bertz CT molecular complexity index is 3630. The van der Waals surface area contributed by atoms with E-state index < -0.39 is 47.7 Å². The fourth-order valence-corrected chi connectivity index (χ4v) is 9.36. The molecule has 8 aromatic rings. The first-order chi connectivity index (χ1) is 38.0. The van der Waals surface area contributed by atoms with Crippen LogP contribution in [-0.2, 0) is 43.3 Å². The monoisotopic (exact) mass is 1110 g/mol. The highest BCUT2D eigenvalue weighted by atomic mass is 35.5.